The number of hydrogen-bond acceptors (Lipinski definition) is 3. The Morgan fingerprint density at radius 3 is 2.79 bits per heavy atom. The molecule has 3 nitrogen and oxygen atoms in total. The Kier molecular flexibility index (Phi) is 4.77. The van der Waals surface area contributed by atoms with Gasteiger partial charge in [0.15, 0.2) is 0 Å². The minimum atomic E-state index is -0.173. The second-order valence-corrected chi connectivity index (χ2v) is 5.33. The summed E-state index contributed by atoms with van der Waals surface area (Å²) < 4.78 is 19.5. The van der Waals surface area contributed by atoms with E-state index in [9.17, 15) is 4.39 Å². The lowest BCUT2D eigenvalue weighted by atomic mass is 9.82. The first kappa shape index (κ1) is 14.3. The SMILES string of the molecule is CCN(CC1(CN)CCCOC1)c1ccccc1F. The Morgan fingerprint density at radius 2 is 2.21 bits per heavy atom. The molecule has 0 saturated carbocycles. The van der Waals surface area contributed by atoms with Gasteiger partial charge in [-0.25, -0.2) is 4.39 Å². The standard InChI is InChI=1S/C15H23FN2O/c1-2-18(14-7-4-3-6-13(14)16)11-15(10-17)8-5-9-19-12-15/h3-4,6-7H,2,5,8-12,17H2,1H3. The second kappa shape index (κ2) is 6.35. The minimum Gasteiger partial charge on any atom is -0.381 e. The monoisotopic (exact) mass is 266 g/mol. The molecule has 0 spiro atoms. The highest BCUT2D eigenvalue weighted by atomic mass is 19.1. The molecule has 1 aromatic carbocycles. The highest BCUT2D eigenvalue weighted by Gasteiger charge is 2.33. The van der Waals surface area contributed by atoms with Crippen molar-refractivity contribution in [2.24, 2.45) is 11.1 Å². The summed E-state index contributed by atoms with van der Waals surface area (Å²) in [6, 6.07) is 6.92. The molecule has 1 fully saturated rings. The van der Waals surface area contributed by atoms with Crippen LogP contribution in [0.3, 0.4) is 0 Å². The molecule has 0 radical (unpaired) electrons. The Balaban J connectivity index is 2.16. The zero-order valence-electron chi connectivity index (χ0n) is 11.6. The van der Waals surface area contributed by atoms with Gasteiger partial charge in [-0.15, -0.1) is 0 Å². The van der Waals surface area contributed by atoms with Gasteiger partial charge in [0.2, 0.25) is 0 Å². The summed E-state index contributed by atoms with van der Waals surface area (Å²) in [5, 5.41) is 0. The quantitative estimate of drug-likeness (QED) is 0.889. The van der Waals surface area contributed by atoms with Crippen LogP contribution in [0.25, 0.3) is 0 Å². The van der Waals surface area contributed by atoms with E-state index in [2.05, 4.69) is 4.90 Å². The highest BCUT2D eigenvalue weighted by Crippen LogP contribution is 2.31. The first-order chi connectivity index (χ1) is 9.21. The van der Waals surface area contributed by atoms with Gasteiger partial charge in [-0.3, -0.25) is 0 Å². The molecule has 2 rings (SSSR count). The summed E-state index contributed by atoms with van der Waals surface area (Å²) in [4.78, 5) is 2.07. The third-order valence-corrected chi connectivity index (χ3v) is 3.94. The smallest absolute Gasteiger partial charge is 0.146 e. The van der Waals surface area contributed by atoms with Gasteiger partial charge in [0.1, 0.15) is 5.82 Å². The van der Waals surface area contributed by atoms with Gasteiger partial charge in [-0.2, -0.15) is 0 Å². The van der Waals surface area contributed by atoms with Crippen molar-refractivity contribution in [1.29, 1.82) is 0 Å². The third kappa shape index (κ3) is 3.25. The molecule has 1 unspecified atom stereocenters. The maximum absolute atomic E-state index is 13.9. The van der Waals surface area contributed by atoms with Crippen molar-refractivity contribution in [3.8, 4) is 0 Å². The summed E-state index contributed by atoms with van der Waals surface area (Å²) >= 11 is 0. The lowest BCUT2D eigenvalue weighted by Gasteiger charge is -2.40. The number of benzene rings is 1. The Morgan fingerprint density at radius 1 is 1.42 bits per heavy atom. The van der Waals surface area contributed by atoms with Crippen LogP contribution >= 0.6 is 0 Å². The fraction of sp³-hybridized carbons (Fsp3) is 0.600. The van der Waals surface area contributed by atoms with E-state index >= 15 is 0 Å². The van der Waals surface area contributed by atoms with Gasteiger partial charge in [0.05, 0.1) is 12.3 Å². The van der Waals surface area contributed by atoms with E-state index in [0.29, 0.717) is 18.8 Å². The lowest BCUT2D eigenvalue weighted by molar-refractivity contribution is 0.00124. The number of nitrogens with two attached hydrogens (primary N) is 1. The molecule has 19 heavy (non-hydrogen) atoms. The Hall–Kier alpha value is -1.13. The van der Waals surface area contributed by atoms with Crippen LogP contribution in [-0.4, -0.2) is 32.8 Å². The number of hydrogen-bond donors (Lipinski definition) is 1. The van der Waals surface area contributed by atoms with E-state index in [1.807, 2.05) is 19.1 Å². The molecular formula is C15H23FN2O. The van der Waals surface area contributed by atoms with Crippen LogP contribution in [0.2, 0.25) is 0 Å². The number of halogens is 1. The van der Waals surface area contributed by atoms with Gasteiger partial charge < -0.3 is 15.4 Å². The first-order valence-corrected chi connectivity index (χ1v) is 6.98. The average molecular weight is 266 g/mol. The summed E-state index contributed by atoms with van der Waals surface area (Å²) in [6.45, 7) is 5.63. The van der Waals surface area contributed by atoms with Gasteiger partial charge in [0, 0.05) is 31.7 Å². The number of para-hydroxylation sites is 1. The third-order valence-electron chi connectivity index (χ3n) is 3.94. The minimum absolute atomic E-state index is 0.0451. The summed E-state index contributed by atoms with van der Waals surface area (Å²) in [7, 11) is 0. The normalized spacial score (nSPS) is 23.3. The maximum atomic E-state index is 13.9. The van der Waals surface area contributed by atoms with E-state index in [1.165, 1.54) is 6.07 Å². The van der Waals surface area contributed by atoms with Gasteiger partial charge >= 0.3 is 0 Å². The summed E-state index contributed by atoms with van der Waals surface area (Å²) in [5.41, 5.74) is 6.57. The lowest BCUT2D eigenvalue weighted by Crippen LogP contribution is -2.48. The molecule has 2 N–H and O–H groups in total. The van der Waals surface area contributed by atoms with Crippen LogP contribution < -0.4 is 10.6 Å². The van der Waals surface area contributed by atoms with Crippen LogP contribution in [0.4, 0.5) is 10.1 Å². The molecule has 1 saturated heterocycles. The maximum Gasteiger partial charge on any atom is 0.146 e. The molecule has 1 heterocycles. The molecule has 0 aromatic heterocycles. The van der Waals surface area contributed by atoms with E-state index in [1.54, 1.807) is 6.07 Å². The van der Waals surface area contributed by atoms with E-state index < -0.39 is 0 Å². The molecule has 106 valence electrons. The zero-order valence-corrected chi connectivity index (χ0v) is 11.6. The van der Waals surface area contributed by atoms with Gasteiger partial charge in [0.25, 0.3) is 0 Å². The number of rotatable bonds is 5. The largest absolute Gasteiger partial charge is 0.381 e. The van der Waals surface area contributed by atoms with Crippen molar-refractivity contribution in [2.45, 2.75) is 19.8 Å². The molecular weight excluding hydrogens is 243 g/mol. The van der Waals surface area contributed by atoms with E-state index in [0.717, 1.165) is 32.5 Å². The van der Waals surface area contributed by atoms with Crippen molar-refractivity contribution in [3.05, 3.63) is 30.1 Å². The highest BCUT2D eigenvalue weighted by molar-refractivity contribution is 5.47. The molecule has 0 bridgehead atoms. The van der Waals surface area contributed by atoms with Crippen LogP contribution in [0.1, 0.15) is 19.8 Å². The van der Waals surface area contributed by atoms with Crippen molar-refractivity contribution in [2.75, 3.05) is 37.7 Å². The van der Waals surface area contributed by atoms with Crippen LogP contribution in [0, 0.1) is 11.2 Å². The molecule has 4 heteroatoms. The summed E-state index contributed by atoms with van der Waals surface area (Å²) in [5.74, 6) is -0.173. The molecule has 1 aliphatic rings. The fourth-order valence-electron chi connectivity index (χ4n) is 2.74. The van der Waals surface area contributed by atoms with Gasteiger partial charge in [-0.05, 0) is 31.9 Å². The van der Waals surface area contributed by atoms with E-state index in [4.69, 9.17) is 10.5 Å². The Bertz CT molecular complexity index is 405. The molecule has 1 aliphatic heterocycles. The van der Waals surface area contributed by atoms with Gasteiger partial charge in [-0.1, -0.05) is 12.1 Å². The zero-order chi connectivity index (χ0) is 13.7. The molecule has 0 amide bonds. The number of ether oxygens (including phenoxy) is 1. The van der Waals surface area contributed by atoms with E-state index in [-0.39, 0.29) is 11.2 Å². The number of anilines is 1. The molecule has 0 aliphatic carbocycles. The molecule has 1 atom stereocenters. The van der Waals surface area contributed by atoms with Crippen LogP contribution in [0.15, 0.2) is 24.3 Å². The predicted octanol–water partition coefficient (Wildman–Crippen LogP) is 2.41. The van der Waals surface area contributed by atoms with Crippen molar-refractivity contribution >= 4 is 5.69 Å². The van der Waals surface area contributed by atoms with Crippen molar-refractivity contribution in [1.82, 2.24) is 0 Å². The van der Waals surface area contributed by atoms with Crippen molar-refractivity contribution < 1.29 is 9.13 Å². The predicted molar refractivity (Wildman–Crippen MR) is 75.8 cm³/mol. The first-order valence-electron chi connectivity index (χ1n) is 6.98. The summed E-state index contributed by atoms with van der Waals surface area (Å²) in [6.07, 6.45) is 2.08. The number of nitrogens with zero attached hydrogens (tertiary/aromatic N) is 1. The average Bonchev–Trinajstić information content (AvgIpc) is 2.47. The molecule has 1 aromatic rings. The topological polar surface area (TPSA) is 38.5 Å². The van der Waals surface area contributed by atoms with Crippen LogP contribution in [0.5, 0.6) is 0 Å². The fourth-order valence-corrected chi connectivity index (χ4v) is 2.74. The van der Waals surface area contributed by atoms with Crippen LogP contribution in [-0.2, 0) is 4.74 Å². The second-order valence-electron chi connectivity index (χ2n) is 5.33. The Labute approximate surface area is 114 Å². The van der Waals surface area contributed by atoms with Crippen molar-refractivity contribution in [3.63, 3.8) is 0 Å².